The number of halogens is 2. The monoisotopic (exact) mass is 404 g/mol. The van der Waals surface area contributed by atoms with Crippen molar-refractivity contribution in [1.82, 2.24) is 19.7 Å². The van der Waals surface area contributed by atoms with Gasteiger partial charge in [-0.2, -0.15) is 0 Å². The van der Waals surface area contributed by atoms with Gasteiger partial charge in [-0.05, 0) is 55.5 Å². The van der Waals surface area contributed by atoms with E-state index in [1.807, 2.05) is 4.90 Å². The molecule has 27 heavy (non-hydrogen) atoms. The van der Waals surface area contributed by atoms with E-state index in [0.29, 0.717) is 10.0 Å². The van der Waals surface area contributed by atoms with Gasteiger partial charge < -0.3 is 9.47 Å². The van der Waals surface area contributed by atoms with Crippen LogP contribution in [-0.4, -0.2) is 32.1 Å². The molecule has 1 fully saturated rings. The quantitative estimate of drug-likeness (QED) is 0.697. The number of aryl methyl sites for hydroxylation is 1. The second-order valence-electron chi connectivity index (χ2n) is 7.16. The molecule has 4 rings (SSSR count). The summed E-state index contributed by atoms with van der Waals surface area (Å²) in [5.74, 6) is 1.99. The lowest BCUT2D eigenvalue weighted by Gasteiger charge is -2.23. The van der Waals surface area contributed by atoms with Crippen LogP contribution in [0, 0.1) is 0 Å². The van der Waals surface area contributed by atoms with Crippen molar-refractivity contribution in [2.24, 2.45) is 0 Å². The van der Waals surface area contributed by atoms with Crippen LogP contribution in [0.1, 0.15) is 55.4 Å². The number of hydrogen-bond acceptors (Lipinski definition) is 3. The molecule has 0 N–H and O–H groups in total. The second kappa shape index (κ2) is 8.03. The fourth-order valence-electron chi connectivity index (χ4n) is 3.99. The summed E-state index contributed by atoms with van der Waals surface area (Å²) in [4.78, 5) is 14.8. The van der Waals surface area contributed by atoms with Crippen LogP contribution in [0.5, 0.6) is 0 Å². The molecule has 1 aromatic carbocycles. The number of fused-ring (bicyclic) bond motifs is 1. The Labute approximate surface area is 169 Å². The third kappa shape index (κ3) is 4.04. The molecular weight excluding hydrogens is 383 g/mol. The van der Waals surface area contributed by atoms with Gasteiger partial charge in [-0.15, -0.1) is 10.2 Å². The Morgan fingerprint density at radius 1 is 1.04 bits per heavy atom. The van der Waals surface area contributed by atoms with Gasteiger partial charge in [-0.3, -0.25) is 4.79 Å². The third-order valence-electron chi connectivity index (χ3n) is 5.28. The zero-order valence-corrected chi connectivity index (χ0v) is 16.6. The van der Waals surface area contributed by atoms with E-state index in [0.717, 1.165) is 62.4 Å². The summed E-state index contributed by atoms with van der Waals surface area (Å²) in [5, 5.41) is 9.96. The van der Waals surface area contributed by atoms with Gasteiger partial charge in [0.25, 0.3) is 0 Å². The lowest BCUT2D eigenvalue weighted by molar-refractivity contribution is -0.127. The minimum atomic E-state index is -0.0143. The van der Waals surface area contributed by atoms with E-state index in [9.17, 15) is 4.79 Å². The minimum absolute atomic E-state index is 0.00412. The van der Waals surface area contributed by atoms with Gasteiger partial charge in [-0.25, -0.2) is 0 Å². The molecule has 0 radical (unpaired) electrons. The molecule has 2 aromatic rings. The summed E-state index contributed by atoms with van der Waals surface area (Å²) in [5.41, 5.74) is 0.813. The average Bonchev–Trinajstić information content (AvgIpc) is 3.20. The molecule has 2 aliphatic rings. The van der Waals surface area contributed by atoms with E-state index in [1.165, 1.54) is 6.42 Å². The number of benzene rings is 1. The largest absolute Gasteiger partial charge is 0.329 e. The lowest BCUT2D eigenvalue weighted by Crippen LogP contribution is -2.30. The number of rotatable bonds is 3. The van der Waals surface area contributed by atoms with Crippen LogP contribution in [0.15, 0.2) is 24.3 Å². The Morgan fingerprint density at radius 3 is 2.67 bits per heavy atom. The van der Waals surface area contributed by atoms with Gasteiger partial charge in [0.1, 0.15) is 5.82 Å². The van der Waals surface area contributed by atoms with E-state index in [-0.39, 0.29) is 11.9 Å². The summed E-state index contributed by atoms with van der Waals surface area (Å²) >= 11 is 12.1. The number of nitrogens with zero attached hydrogens (tertiary/aromatic N) is 4. The molecule has 1 aromatic heterocycles. The fourth-order valence-corrected chi connectivity index (χ4v) is 4.53. The van der Waals surface area contributed by atoms with Crippen molar-refractivity contribution < 1.29 is 4.79 Å². The Hall–Kier alpha value is -1.85. The molecule has 0 bridgehead atoms. The van der Waals surface area contributed by atoms with Crippen molar-refractivity contribution in [1.29, 1.82) is 0 Å². The molecule has 142 valence electrons. The van der Waals surface area contributed by atoms with Crippen LogP contribution < -0.4 is 0 Å². The van der Waals surface area contributed by atoms with Crippen molar-refractivity contribution in [3.63, 3.8) is 0 Å². The maximum absolute atomic E-state index is 12.8. The van der Waals surface area contributed by atoms with Gasteiger partial charge in [0.2, 0.25) is 5.91 Å². The molecule has 1 saturated heterocycles. The normalized spacial score (nSPS) is 20.1. The van der Waals surface area contributed by atoms with Gasteiger partial charge in [0, 0.05) is 35.6 Å². The topological polar surface area (TPSA) is 51.0 Å². The van der Waals surface area contributed by atoms with E-state index in [4.69, 9.17) is 23.2 Å². The molecule has 2 aliphatic heterocycles. The first-order valence-electron chi connectivity index (χ1n) is 9.48. The summed E-state index contributed by atoms with van der Waals surface area (Å²) < 4.78 is 2.24. The number of carbonyl (C=O) groups is 1. The smallest absolute Gasteiger partial charge is 0.247 e. The second-order valence-corrected chi connectivity index (χ2v) is 8.04. The summed E-state index contributed by atoms with van der Waals surface area (Å²) in [6, 6.07) is 5.26. The molecule has 0 saturated carbocycles. The van der Waals surface area contributed by atoms with E-state index < -0.39 is 0 Å². The van der Waals surface area contributed by atoms with Gasteiger partial charge >= 0.3 is 0 Å². The molecular formula is C20H22Cl2N4O. The zero-order chi connectivity index (χ0) is 18.8. The fraction of sp³-hybridized carbons (Fsp3) is 0.450. The van der Waals surface area contributed by atoms with Crippen molar-refractivity contribution >= 4 is 35.2 Å². The summed E-state index contributed by atoms with van der Waals surface area (Å²) in [6.07, 6.45) is 9.78. The number of likely N-dealkylation sites (tertiary alicyclic amines) is 1. The molecule has 1 atom stereocenters. The highest BCUT2D eigenvalue weighted by Gasteiger charge is 2.33. The number of hydrogen-bond donors (Lipinski definition) is 0. The maximum Gasteiger partial charge on any atom is 0.247 e. The van der Waals surface area contributed by atoms with Gasteiger partial charge in [0.15, 0.2) is 5.82 Å². The Balaban J connectivity index is 1.54. The molecule has 1 unspecified atom stereocenters. The average molecular weight is 405 g/mol. The van der Waals surface area contributed by atoms with Crippen LogP contribution in [-0.2, 0) is 17.8 Å². The third-order valence-corrected chi connectivity index (χ3v) is 5.71. The van der Waals surface area contributed by atoms with Crippen LogP contribution in [0.4, 0.5) is 0 Å². The maximum atomic E-state index is 12.8. The predicted molar refractivity (Wildman–Crippen MR) is 107 cm³/mol. The predicted octanol–water partition coefficient (Wildman–Crippen LogP) is 4.69. The lowest BCUT2D eigenvalue weighted by atomic mass is 10.2. The number of aromatic nitrogens is 3. The molecule has 7 heteroatoms. The Kier molecular flexibility index (Phi) is 5.50. The molecule has 3 heterocycles. The van der Waals surface area contributed by atoms with Crippen LogP contribution in [0.25, 0.3) is 6.08 Å². The highest BCUT2D eigenvalue weighted by Crippen LogP contribution is 2.32. The van der Waals surface area contributed by atoms with Crippen LogP contribution in [0.3, 0.4) is 0 Å². The first-order valence-corrected chi connectivity index (χ1v) is 10.2. The van der Waals surface area contributed by atoms with E-state index in [2.05, 4.69) is 14.8 Å². The molecule has 5 nitrogen and oxygen atoms in total. The van der Waals surface area contributed by atoms with E-state index in [1.54, 1.807) is 30.4 Å². The Morgan fingerprint density at radius 2 is 1.85 bits per heavy atom. The van der Waals surface area contributed by atoms with Crippen LogP contribution >= 0.6 is 23.2 Å². The van der Waals surface area contributed by atoms with Crippen molar-refractivity contribution in [3.8, 4) is 0 Å². The first kappa shape index (κ1) is 18.5. The van der Waals surface area contributed by atoms with Crippen molar-refractivity contribution in [3.05, 3.63) is 51.5 Å². The summed E-state index contributed by atoms with van der Waals surface area (Å²) in [6.45, 7) is 1.69. The highest BCUT2D eigenvalue weighted by molar-refractivity contribution is 6.34. The van der Waals surface area contributed by atoms with Crippen LogP contribution in [0.2, 0.25) is 10.0 Å². The standard InChI is InChI=1S/C20H22Cl2N4O/c21-15-11-14(12-16(22)13-15)7-8-19(27)25-10-4-5-17(25)20-24-23-18-6-2-1-3-9-26(18)20/h7-8,11-13,17H,1-6,9-10H2/b8-7+. The number of carbonyl (C=O) groups excluding carboxylic acids is 1. The zero-order valence-electron chi connectivity index (χ0n) is 15.1. The SMILES string of the molecule is O=C(/C=C/c1cc(Cl)cc(Cl)c1)N1CCCC1c1nnc2n1CCCCC2. The highest BCUT2D eigenvalue weighted by atomic mass is 35.5. The molecule has 0 spiro atoms. The van der Waals surface area contributed by atoms with Crippen molar-refractivity contribution in [2.75, 3.05) is 6.54 Å². The number of amides is 1. The van der Waals surface area contributed by atoms with Gasteiger partial charge in [-0.1, -0.05) is 29.6 Å². The molecule has 0 aliphatic carbocycles. The van der Waals surface area contributed by atoms with E-state index >= 15 is 0 Å². The first-order chi connectivity index (χ1) is 13.1. The van der Waals surface area contributed by atoms with Crippen molar-refractivity contribution in [2.45, 2.75) is 51.1 Å². The minimum Gasteiger partial charge on any atom is -0.329 e. The Bertz CT molecular complexity index is 857. The summed E-state index contributed by atoms with van der Waals surface area (Å²) in [7, 11) is 0. The molecule has 1 amide bonds. The van der Waals surface area contributed by atoms with Gasteiger partial charge in [0.05, 0.1) is 6.04 Å².